The average Bonchev–Trinajstić information content (AvgIpc) is 2.95. The third-order valence-electron chi connectivity index (χ3n) is 4.59. The molecule has 2 amide bonds. The molecule has 0 unspecified atom stereocenters. The summed E-state index contributed by atoms with van der Waals surface area (Å²) in [5, 5.41) is 0. The molecular formula is C18H24N2O4. The maximum atomic E-state index is 12.8. The lowest BCUT2D eigenvalue weighted by molar-refractivity contribution is -0.147. The maximum absolute atomic E-state index is 12.8. The van der Waals surface area contributed by atoms with Gasteiger partial charge in [-0.2, -0.15) is 0 Å². The van der Waals surface area contributed by atoms with Crippen molar-refractivity contribution in [1.82, 2.24) is 4.90 Å². The molecule has 6 heteroatoms. The van der Waals surface area contributed by atoms with E-state index >= 15 is 0 Å². The van der Waals surface area contributed by atoms with Gasteiger partial charge in [0, 0.05) is 31.7 Å². The Morgan fingerprint density at radius 3 is 2.33 bits per heavy atom. The van der Waals surface area contributed by atoms with Crippen LogP contribution in [0.25, 0.3) is 0 Å². The molecule has 1 aromatic carbocycles. The molecule has 0 aliphatic carbocycles. The molecule has 2 heterocycles. The predicted octanol–water partition coefficient (Wildman–Crippen LogP) is 1.68. The first-order valence-electron chi connectivity index (χ1n) is 8.36. The molecule has 0 saturated carbocycles. The molecule has 2 aliphatic rings. The van der Waals surface area contributed by atoms with E-state index in [-0.39, 0.29) is 36.4 Å². The highest BCUT2D eigenvalue weighted by Crippen LogP contribution is 2.28. The first-order chi connectivity index (χ1) is 11.5. The van der Waals surface area contributed by atoms with Crippen LogP contribution in [0.1, 0.15) is 20.3 Å². The van der Waals surface area contributed by atoms with Crippen LogP contribution in [0.4, 0.5) is 5.69 Å². The zero-order valence-electron chi connectivity index (χ0n) is 14.4. The Balaban J connectivity index is 1.68. The van der Waals surface area contributed by atoms with Crippen LogP contribution in [-0.2, 0) is 14.3 Å². The van der Waals surface area contributed by atoms with Crippen molar-refractivity contribution in [1.29, 1.82) is 0 Å². The largest absolute Gasteiger partial charge is 0.497 e. The smallest absolute Gasteiger partial charge is 0.228 e. The van der Waals surface area contributed by atoms with Crippen LogP contribution in [0.3, 0.4) is 0 Å². The van der Waals surface area contributed by atoms with Crippen LogP contribution in [0.5, 0.6) is 5.75 Å². The van der Waals surface area contributed by atoms with Crippen LogP contribution in [0.15, 0.2) is 24.3 Å². The monoisotopic (exact) mass is 332 g/mol. The van der Waals surface area contributed by atoms with Crippen molar-refractivity contribution in [2.24, 2.45) is 5.92 Å². The summed E-state index contributed by atoms with van der Waals surface area (Å²) in [6.45, 7) is 5.57. The number of ether oxygens (including phenoxy) is 2. The average molecular weight is 332 g/mol. The first kappa shape index (κ1) is 16.8. The summed E-state index contributed by atoms with van der Waals surface area (Å²) < 4.78 is 10.8. The molecule has 2 aliphatic heterocycles. The summed E-state index contributed by atoms with van der Waals surface area (Å²) in [6.07, 6.45) is 0.338. The third-order valence-corrected chi connectivity index (χ3v) is 4.59. The number of carbonyl (C=O) groups excluding carboxylic acids is 2. The van der Waals surface area contributed by atoms with Gasteiger partial charge in [-0.25, -0.2) is 0 Å². The molecule has 0 N–H and O–H groups in total. The molecule has 3 atom stereocenters. The molecule has 130 valence electrons. The Hall–Kier alpha value is -2.08. The summed E-state index contributed by atoms with van der Waals surface area (Å²) >= 11 is 0. The molecule has 2 fully saturated rings. The van der Waals surface area contributed by atoms with E-state index in [1.807, 2.05) is 43.0 Å². The van der Waals surface area contributed by atoms with Gasteiger partial charge in [0.05, 0.1) is 25.2 Å². The van der Waals surface area contributed by atoms with Crippen molar-refractivity contribution < 1.29 is 19.1 Å². The van der Waals surface area contributed by atoms with Crippen molar-refractivity contribution >= 4 is 17.5 Å². The van der Waals surface area contributed by atoms with Crippen LogP contribution in [0.2, 0.25) is 0 Å². The van der Waals surface area contributed by atoms with E-state index in [0.717, 1.165) is 11.4 Å². The lowest BCUT2D eigenvalue weighted by atomic mass is 10.1. The Labute approximate surface area is 142 Å². The van der Waals surface area contributed by atoms with Gasteiger partial charge in [0.25, 0.3) is 0 Å². The standard InChI is InChI=1S/C18H24N2O4/c1-12-9-19(10-13(2)24-12)18(22)14-8-17(21)20(11-14)15-4-6-16(23-3)7-5-15/h4-7,12-14H,8-11H2,1-3H3/t12-,13+,14-/m0/s1. The van der Waals surface area contributed by atoms with Gasteiger partial charge >= 0.3 is 0 Å². The number of anilines is 1. The predicted molar refractivity (Wildman–Crippen MR) is 90.0 cm³/mol. The van der Waals surface area contributed by atoms with E-state index in [1.54, 1.807) is 12.0 Å². The van der Waals surface area contributed by atoms with Crippen LogP contribution in [-0.4, -0.2) is 55.7 Å². The number of amides is 2. The van der Waals surface area contributed by atoms with Crippen LogP contribution >= 0.6 is 0 Å². The van der Waals surface area contributed by atoms with Gasteiger partial charge in [0.1, 0.15) is 5.75 Å². The maximum Gasteiger partial charge on any atom is 0.228 e. The van der Waals surface area contributed by atoms with Crippen molar-refractivity contribution in [3.63, 3.8) is 0 Å². The van der Waals surface area contributed by atoms with E-state index in [4.69, 9.17) is 9.47 Å². The van der Waals surface area contributed by atoms with Crippen molar-refractivity contribution in [3.8, 4) is 5.75 Å². The number of carbonyl (C=O) groups is 2. The minimum atomic E-state index is -0.280. The number of methoxy groups -OCH3 is 1. The lowest BCUT2D eigenvalue weighted by Gasteiger charge is -2.36. The van der Waals surface area contributed by atoms with Crippen molar-refractivity contribution in [2.75, 3.05) is 31.6 Å². The van der Waals surface area contributed by atoms with E-state index < -0.39 is 0 Å². The fourth-order valence-corrected chi connectivity index (χ4v) is 3.50. The summed E-state index contributed by atoms with van der Waals surface area (Å²) in [5.41, 5.74) is 0.805. The molecule has 3 rings (SSSR count). The highest BCUT2D eigenvalue weighted by atomic mass is 16.5. The molecule has 2 saturated heterocycles. The first-order valence-corrected chi connectivity index (χ1v) is 8.36. The third kappa shape index (κ3) is 3.38. The second-order valence-corrected chi connectivity index (χ2v) is 6.60. The number of benzene rings is 1. The van der Waals surface area contributed by atoms with E-state index in [1.165, 1.54) is 0 Å². The SMILES string of the molecule is COc1ccc(N2C[C@@H](C(=O)N3C[C@@H](C)O[C@@H](C)C3)CC2=O)cc1. The molecule has 24 heavy (non-hydrogen) atoms. The Kier molecular flexibility index (Phi) is 4.76. The zero-order valence-corrected chi connectivity index (χ0v) is 14.4. The minimum absolute atomic E-state index is 0.00660. The van der Waals surface area contributed by atoms with Crippen LogP contribution < -0.4 is 9.64 Å². The molecule has 1 aromatic rings. The number of hydrogen-bond donors (Lipinski definition) is 0. The summed E-state index contributed by atoms with van der Waals surface area (Å²) in [4.78, 5) is 28.7. The van der Waals surface area contributed by atoms with Gasteiger partial charge in [-0.15, -0.1) is 0 Å². The molecular weight excluding hydrogens is 308 g/mol. The number of hydrogen-bond acceptors (Lipinski definition) is 4. The highest BCUT2D eigenvalue weighted by Gasteiger charge is 2.38. The zero-order chi connectivity index (χ0) is 17.3. The van der Waals surface area contributed by atoms with Gasteiger partial charge in [-0.3, -0.25) is 9.59 Å². The second kappa shape index (κ2) is 6.81. The van der Waals surface area contributed by atoms with Gasteiger partial charge in [0.15, 0.2) is 0 Å². The summed E-state index contributed by atoms with van der Waals surface area (Å²) in [6, 6.07) is 7.34. The fraction of sp³-hybridized carbons (Fsp3) is 0.556. The van der Waals surface area contributed by atoms with E-state index in [2.05, 4.69) is 0 Å². The normalized spacial score (nSPS) is 27.5. The van der Waals surface area contributed by atoms with Gasteiger partial charge in [0.2, 0.25) is 11.8 Å². The summed E-state index contributed by atoms with van der Waals surface area (Å²) in [7, 11) is 1.61. The second-order valence-electron chi connectivity index (χ2n) is 6.60. The molecule has 0 radical (unpaired) electrons. The lowest BCUT2D eigenvalue weighted by Crippen LogP contribution is -2.50. The molecule has 0 spiro atoms. The quantitative estimate of drug-likeness (QED) is 0.845. The van der Waals surface area contributed by atoms with E-state index in [0.29, 0.717) is 19.6 Å². The Morgan fingerprint density at radius 2 is 1.75 bits per heavy atom. The topological polar surface area (TPSA) is 59.1 Å². The molecule has 0 aromatic heterocycles. The molecule has 6 nitrogen and oxygen atoms in total. The number of morpholine rings is 1. The number of rotatable bonds is 3. The Morgan fingerprint density at radius 1 is 1.12 bits per heavy atom. The van der Waals surface area contributed by atoms with Gasteiger partial charge < -0.3 is 19.3 Å². The van der Waals surface area contributed by atoms with E-state index in [9.17, 15) is 9.59 Å². The fourth-order valence-electron chi connectivity index (χ4n) is 3.50. The molecule has 0 bridgehead atoms. The minimum Gasteiger partial charge on any atom is -0.497 e. The summed E-state index contributed by atoms with van der Waals surface area (Å²) in [5.74, 6) is 0.514. The highest BCUT2D eigenvalue weighted by molar-refractivity contribution is 6.00. The van der Waals surface area contributed by atoms with Crippen molar-refractivity contribution in [2.45, 2.75) is 32.5 Å². The number of nitrogens with zero attached hydrogens (tertiary/aromatic N) is 2. The van der Waals surface area contributed by atoms with Crippen molar-refractivity contribution in [3.05, 3.63) is 24.3 Å². The van der Waals surface area contributed by atoms with Gasteiger partial charge in [-0.1, -0.05) is 0 Å². The van der Waals surface area contributed by atoms with Gasteiger partial charge in [-0.05, 0) is 38.1 Å². The van der Waals surface area contributed by atoms with Crippen LogP contribution in [0, 0.1) is 5.92 Å². The Bertz CT molecular complexity index is 606.